The highest BCUT2D eigenvalue weighted by Gasteiger charge is 2.26. The molecule has 0 aliphatic carbocycles. The lowest BCUT2D eigenvalue weighted by Crippen LogP contribution is -2.49. The second-order valence-electron chi connectivity index (χ2n) is 9.41. The second-order valence-corrected chi connectivity index (χ2v) is 9.78. The lowest BCUT2D eigenvalue weighted by atomic mass is 9.87. The fourth-order valence-corrected chi connectivity index (χ4v) is 4.23. The van der Waals surface area contributed by atoms with Crippen LogP contribution < -0.4 is 22.0 Å². The normalized spacial score (nSPS) is 12.6. The molecule has 3 aromatic rings. The molecule has 0 bridgehead atoms. The number of carbonyl (C=O) groups excluding carboxylic acids is 3. The van der Waals surface area contributed by atoms with Crippen molar-refractivity contribution in [3.63, 3.8) is 0 Å². The number of nitrogens with two attached hydrogens (primary N) is 1. The summed E-state index contributed by atoms with van der Waals surface area (Å²) >= 11 is 3.87. The van der Waals surface area contributed by atoms with Gasteiger partial charge in [0.25, 0.3) is 0 Å². The van der Waals surface area contributed by atoms with E-state index >= 15 is 0 Å². The van der Waals surface area contributed by atoms with Crippen molar-refractivity contribution in [2.75, 3.05) is 12.3 Å². The topological polar surface area (TPSA) is 226 Å². The van der Waals surface area contributed by atoms with Gasteiger partial charge in [0, 0.05) is 24.5 Å². The molecule has 0 aliphatic heterocycles. The average Bonchev–Trinajstić information content (AvgIpc) is 2.97. The van der Waals surface area contributed by atoms with Crippen molar-refractivity contribution in [3.05, 3.63) is 76.1 Å². The number of carboxylic acids is 2. The van der Waals surface area contributed by atoms with Gasteiger partial charge in [0.1, 0.15) is 35.7 Å². The SMILES string of the molecule is CC(=O)CC(c1ccccc1)c1c(O)c2ccccc2oc1=O.N[C@@H](CCC(=O)N[C@@H](CS)C(=O)NCC(=O)O)C(=O)O. The Kier molecular flexibility index (Phi) is 13.4. The zero-order valence-corrected chi connectivity index (χ0v) is 24.1. The molecule has 230 valence electrons. The molecule has 43 heavy (non-hydrogen) atoms. The minimum absolute atomic E-state index is 0.0256. The molecule has 0 saturated carbocycles. The van der Waals surface area contributed by atoms with Gasteiger partial charge in [-0.2, -0.15) is 12.6 Å². The number of hydrogen-bond donors (Lipinski definition) is 7. The van der Waals surface area contributed by atoms with Crippen molar-refractivity contribution in [1.29, 1.82) is 0 Å². The van der Waals surface area contributed by atoms with E-state index in [0.29, 0.717) is 11.0 Å². The number of amides is 2. The number of carbonyl (C=O) groups is 5. The maximum absolute atomic E-state index is 12.4. The molecule has 0 radical (unpaired) electrons. The number of fused-ring (bicyclic) bond motifs is 1. The summed E-state index contributed by atoms with van der Waals surface area (Å²) in [5, 5.41) is 32.4. The number of benzene rings is 2. The van der Waals surface area contributed by atoms with Crippen LogP contribution in [0.15, 0.2) is 63.8 Å². The first-order valence-electron chi connectivity index (χ1n) is 13.0. The number of rotatable bonds is 13. The first kappa shape index (κ1) is 34.5. The van der Waals surface area contributed by atoms with Crippen LogP contribution in [0.25, 0.3) is 11.0 Å². The van der Waals surface area contributed by atoms with Gasteiger partial charge in [0.15, 0.2) is 0 Å². The Bertz CT molecular complexity index is 1510. The Morgan fingerprint density at radius 3 is 2.21 bits per heavy atom. The highest BCUT2D eigenvalue weighted by atomic mass is 32.1. The van der Waals surface area contributed by atoms with E-state index in [2.05, 4.69) is 23.3 Å². The van der Waals surface area contributed by atoms with E-state index in [-0.39, 0.29) is 42.1 Å². The Hall–Kier alpha value is -4.69. The molecule has 2 amide bonds. The predicted octanol–water partition coefficient (Wildman–Crippen LogP) is 1.40. The van der Waals surface area contributed by atoms with E-state index < -0.39 is 53.9 Å². The van der Waals surface area contributed by atoms with Crippen LogP contribution in [0.1, 0.15) is 43.2 Å². The third kappa shape index (κ3) is 10.6. The summed E-state index contributed by atoms with van der Waals surface area (Å²) in [6.07, 6.45) is -0.109. The maximum atomic E-state index is 12.4. The van der Waals surface area contributed by atoms with Gasteiger partial charge >= 0.3 is 17.6 Å². The van der Waals surface area contributed by atoms with Gasteiger partial charge in [-0.3, -0.25) is 24.0 Å². The first-order valence-corrected chi connectivity index (χ1v) is 13.7. The zero-order chi connectivity index (χ0) is 32.1. The largest absolute Gasteiger partial charge is 0.507 e. The monoisotopic (exact) mass is 615 g/mol. The first-order chi connectivity index (χ1) is 20.3. The predicted molar refractivity (Wildman–Crippen MR) is 159 cm³/mol. The Balaban J connectivity index is 0.000000304. The van der Waals surface area contributed by atoms with E-state index in [9.17, 15) is 33.9 Å². The molecule has 0 saturated heterocycles. The molecule has 1 aromatic heterocycles. The number of thiol groups is 1. The van der Waals surface area contributed by atoms with E-state index in [1.54, 1.807) is 24.3 Å². The number of aliphatic carboxylic acids is 2. The van der Waals surface area contributed by atoms with Crippen LogP contribution in [0.5, 0.6) is 5.75 Å². The molecule has 0 spiro atoms. The van der Waals surface area contributed by atoms with Gasteiger partial charge in [0.2, 0.25) is 11.8 Å². The fraction of sp³-hybridized carbons (Fsp3) is 0.310. The molecule has 3 rings (SSSR count). The van der Waals surface area contributed by atoms with Crippen LogP contribution >= 0.6 is 12.6 Å². The standard InChI is InChI=1S/C19H16O4.C10H17N3O6S/c1-12(20)11-15(13-7-3-2-4-8-13)17-18(21)14-9-5-6-10-16(14)23-19(17)22;11-5(10(18)19)1-2-7(14)13-6(4-20)9(17)12-3-8(15)16/h2-10,15,21H,11H2,1H3;5-6,20H,1-4,11H2,(H,12,17)(H,13,14)(H,15,16)(H,18,19)/t;5-,6-/m.0/s1. The zero-order valence-electron chi connectivity index (χ0n) is 23.2. The Morgan fingerprint density at radius 1 is 1.00 bits per heavy atom. The maximum Gasteiger partial charge on any atom is 0.343 e. The molecule has 1 unspecified atom stereocenters. The summed E-state index contributed by atoms with van der Waals surface area (Å²) in [5.74, 6) is -4.42. The lowest BCUT2D eigenvalue weighted by molar-refractivity contribution is -0.139. The summed E-state index contributed by atoms with van der Waals surface area (Å²) in [6, 6.07) is 13.9. The van der Waals surface area contributed by atoms with Crippen molar-refractivity contribution in [2.45, 2.75) is 44.2 Å². The molecule has 13 nitrogen and oxygen atoms in total. The van der Waals surface area contributed by atoms with Crippen LogP contribution in [-0.4, -0.2) is 69.2 Å². The minimum Gasteiger partial charge on any atom is -0.507 e. The third-order valence-electron chi connectivity index (χ3n) is 6.11. The van der Waals surface area contributed by atoms with Gasteiger partial charge < -0.3 is 36.1 Å². The molecule has 0 fully saturated rings. The van der Waals surface area contributed by atoms with E-state index in [4.69, 9.17) is 20.4 Å². The van der Waals surface area contributed by atoms with Crippen LogP contribution in [0.4, 0.5) is 0 Å². The number of aromatic hydroxyl groups is 1. The van der Waals surface area contributed by atoms with Crippen molar-refractivity contribution >= 4 is 53.1 Å². The number of nitrogens with one attached hydrogen (secondary N) is 2. The summed E-state index contributed by atoms with van der Waals surface area (Å²) < 4.78 is 5.33. The Morgan fingerprint density at radius 2 is 1.63 bits per heavy atom. The van der Waals surface area contributed by atoms with Gasteiger partial charge in [-0.05, 0) is 31.0 Å². The number of ketones is 1. The molecule has 3 atom stereocenters. The highest BCUT2D eigenvalue weighted by Crippen LogP contribution is 2.36. The molecule has 14 heteroatoms. The van der Waals surface area contributed by atoms with Crippen molar-refractivity contribution in [1.82, 2.24) is 10.6 Å². The van der Waals surface area contributed by atoms with E-state index in [1.165, 1.54) is 6.92 Å². The van der Waals surface area contributed by atoms with Crippen LogP contribution in [0.3, 0.4) is 0 Å². The summed E-state index contributed by atoms with van der Waals surface area (Å²) in [4.78, 5) is 67.8. The highest BCUT2D eigenvalue weighted by molar-refractivity contribution is 7.80. The van der Waals surface area contributed by atoms with Gasteiger partial charge in [-0.1, -0.05) is 42.5 Å². The van der Waals surface area contributed by atoms with Crippen molar-refractivity contribution < 1.29 is 43.7 Å². The number of para-hydroxylation sites is 1. The lowest BCUT2D eigenvalue weighted by Gasteiger charge is -2.17. The smallest absolute Gasteiger partial charge is 0.343 e. The van der Waals surface area contributed by atoms with Crippen LogP contribution in [0.2, 0.25) is 0 Å². The van der Waals surface area contributed by atoms with E-state index in [0.717, 1.165) is 5.56 Å². The molecule has 0 aliphatic rings. The van der Waals surface area contributed by atoms with Crippen LogP contribution in [-0.2, 0) is 24.0 Å². The number of carboxylic acid groups (broad SMARTS) is 2. The Labute approximate surface area is 251 Å². The summed E-state index contributed by atoms with van der Waals surface area (Å²) in [6.45, 7) is 0.901. The van der Waals surface area contributed by atoms with Crippen molar-refractivity contribution in [3.8, 4) is 5.75 Å². The molecular formula is C29H33N3O10S. The average molecular weight is 616 g/mol. The molecular weight excluding hydrogens is 582 g/mol. The van der Waals surface area contributed by atoms with Gasteiger partial charge in [-0.25, -0.2) is 4.79 Å². The minimum atomic E-state index is -1.22. The number of Topliss-reactive ketones (excluding diaryl/α,β-unsaturated/α-hetero) is 1. The van der Waals surface area contributed by atoms with Gasteiger partial charge in [-0.15, -0.1) is 0 Å². The van der Waals surface area contributed by atoms with Crippen LogP contribution in [0, 0.1) is 0 Å². The summed E-state index contributed by atoms with van der Waals surface area (Å²) in [7, 11) is 0. The number of hydrogen-bond acceptors (Lipinski definition) is 10. The quantitative estimate of drug-likeness (QED) is 0.107. The van der Waals surface area contributed by atoms with Crippen molar-refractivity contribution in [2.24, 2.45) is 5.73 Å². The summed E-state index contributed by atoms with van der Waals surface area (Å²) in [5.41, 5.74) is 5.86. The molecule has 1 heterocycles. The molecule has 7 N–H and O–H groups in total. The third-order valence-corrected chi connectivity index (χ3v) is 6.47. The fourth-order valence-electron chi connectivity index (χ4n) is 3.97. The second kappa shape index (κ2) is 16.7. The van der Waals surface area contributed by atoms with E-state index in [1.807, 2.05) is 30.3 Å². The van der Waals surface area contributed by atoms with Gasteiger partial charge in [0.05, 0.1) is 10.9 Å². The molecule has 2 aromatic carbocycles.